The summed E-state index contributed by atoms with van der Waals surface area (Å²) in [6.07, 6.45) is 2.11. The van der Waals surface area contributed by atoms with E-state index in [0.717, 1.165) is 5.69 Å². The SMILES string of the molecule is CCOC(=O)c1cnn(-c2ccc(NC=O)cc2)c1C. The van der Waals surface area contributed by atoms with Gasteiger partial charge in [0.1, 0.15) is 5.56 Å². The number of amides is 1. The molecule has 104 valence electrons. The van der Waals surface area contributed by atoms with Gasteiger partial charge in [-0.3, -0.25) is 4.79 Å². The maximum absolute atomic E-state index is 11.7. The molecule has 0 aliphatic heterocycles. The van der Waals surface area contributed by atoms with Crippen LogP contribution in [-0.2, 0) is 9.53 Å². The van der Waals surface area contributed by atoms with Gasteiger partial charge in [-0.1, -0.05) is 0 Å². The number of hydrogen-bond donors (Lipinski definition) is 1. The van der Waals surface area contributed by atoms with Crippen molar-refractivity contribution >= 4 is 18.1 Å². The summed E-state index contributed by atoms with van der Waals surface area (Å²) in [6.45, 7) is 3.89. The lowest BCUT2D eigenvalue weighted by Gasteiger charge is -2.06. The van der Waals surface area contributed by atoms with E-state index in [9.17, 15) is 9.59 Å². The van der Waals surface area contributed by atoms with Gasteiger partial charge in [0.05, 0.1) is 24.2 Å². The number of carbonyl (C=O) groups excluding carboxylic acids is 2. The van der Waals surface area contributed by atoms with E-state index in [1.54, 1.807) is 42.8 Å². The number of aromatic nitrogens is 2. The topological polar surface area (TPSA) is 73.2 Å². The van der Waals surface area contributed by atoms with Gasteiger partial charge in [0.25, 0.3) is 0 Å². The van der Waals surface area contributed by atoms with Crippen LogP contribution in [-0.4, -0.2) is 28.8 Å². The first-order valence-electron chi connectivity index (χ1n) is 6.19. The Bertz CT molecular complexity index is 617. The third-order valence-electron chi connectivity index (χ3n) is 2.84. The zero-order chi connectivity index (χ0) is 14.5. The maximum Gasteiger partial charge on any atom is 0.341 e. The van der Waals surface area contributed by atoms with Crippen LogP contribution in [0.25, 0.3) is 5.69 Å². The number of nitrogens with zero attached hydrogens (tertiary/aromatic N) is 2. The summed E-state index contributed by atoms with van der Waals surface area (Å²) in [4.78, 5) is 22.1. The minimum absolute atomic E-state index is 0.329. The second-order valence-electron chi connectivity index (χ2n) is 4.08. The standard InChI is InChI=1S/C14H15N3O3/c1-3-20-14(19)13-8-16-17(10(13)2)12-6-4-11(5-7-12)15-9-18/h4-9H,3H2,1-2H3,(H,15,18). The van der Waals surface area contributed by atoms with Crippen molar-refractivity contribution in [3.63, 3.8) is 0 Å². The number of ether oxygens (including phenoxy) is 1. The first-order chi connectivity index (χ1) is 9.67. The van der Waals surface area contributed by atoms with Crippen LogP contribution in [0.3, 0.4) is 0 Å². The smallest absolute Gasteiger partial charge is 0.341 e. The van der Waals surface area contributed by atoms with E-state index in [2.05, 4.69) is 10.4 Å². The number of esters is 1. The summed E-state index contributed by atoms with van der Waals surface area (Å²) in [6, 6.07) is 7.13. The van der Waals surface area contributed by atoms with Crippen LogP contribution < -0.4 is 5.32 Å². The predicted octanol–water partition coefficient (Wildman–Crippen LogP) is 1.93. The molecule has 0 saturated carbocycles. The fourth-order valence-electron chi connectivity index (χ4n) is 1.85. The van der Waals surface area contributed by atoms with Crippen molar-refractivity contribution in [2.45, 2.75) is 13.8 Å². The molecule has 0 saturated heterocycles. The van der Waals surface area contributed by atoms with E-state index in [4.69, 9.17) is 4.74 Å². The van der Waals surface area contributed by atoms with Crippen molar-refractivity contribution in [1.29, 1.82) is 0 Å². The molecule has 1 aromatic carbocycles. The van der Waals surface area contributed by atoms with Gasteiger partial charge in [-0.2, -0.15) is 5.10 Å². The molecule has 0 radical (unpaired) electrons. The molecule has 0 bridgehead atoms. The average Bonchev–Trinajstić information content (AvgIpc) is 2.82. The monoisotopic (exact) mass is 273 g/mol. The van der Waals surface area contributed by atoms with Gasteiger partial charge in [-0.15, -0.1) is 0 Å². The number of nitrogens with one attached hydrogen (secondary N) is 1. The molecule has 1 N–H and O–H groups in total. The first kappa shape index (κ1) is 13.8. The van der Waals surface area contributed by atoms with E-state index >= 15 is 0 Å². The molecule has 6 nitrogen and oxygen atoms in total. The van der Waals surface area contributed by atoms with Crippen molar-refractivity contribution in [1.82, 2.24) is 9.78 Å². The Morgan fingerprint density at radius 1 is 1.40 bits per heavy atom. The average molecular weight is 273 g/mol. The summed E-state index contributed by atoms with van der Waals surface area (Å²) in [7, 11) is 0. The Kier molecular flexibility index (Phi) is 4.14. The molecule has 1 heterocycles. The van der Waals surface area contributed by atoms with Crippen LogP contribution >= 0.6 is 0 Å². The van der Waals surface area contributed by atoms with Crippen molar-refractivity contribution in [2.24, 2.45) is 0 Å². The largest absolute Gasteiger partial charge is 0.462 e. The summed E-state index contributed by atoms with van der Waals surface area (Å²) in [5.41, 5.74) is 2.65. The van der Waals surface area contributed by atoms with Crippen LogP contribution in [0.4, 0.5) is 5.69 Å². The molecular formula is C14H15N3O3. The van der Waals surface area contributed by atoms with Crippen molar-refractivity contribution < 1.29 is 14.3 Å². The normalized spacial score (nSPS) is 10.1. The summed E-state index contributed by atoms with van der Waals surface area (Å²) < 4.78 is 6.62. The summed E-state index contributed by atoms with van der Waals surface area (Å²) >= 11 is 0. The molecule has 6 heteroatoms. The maximum atomic E-state index is 11.7. The Morgan fingerprint density at radius 3 is 2.70 bits per heavy atom. The molecule has 0 spiro atoms. The lowest BCUT2D eigenvalue weighted by atomic mass is 10.2. The number of benzene rings is 1. The van der Waals surface area contributed by atoms with E-state index < -0.39 is 0 Å². The molecule has 0 fully saturated rings. The highest BCUT2D eigenvalue weighted by Gasteiger charge is 2.15. The zero-order valence-corrected chi connectivity index (χ0v) is 11.3. The molecule has 2 rings (SSSR count). The van der Waals surface area contributed by atoms with Crippen molar-refractivity contribution in [3.8, 4) is 5.69 Å². The lowest BCUT2D eigenvalue weighted by Crippen LogP contribution is -2.07. The van der Waals surface area contributed by atoms with Crippen LogP contribution in [0.5, 0.6) is 0 Å². The Labute approximate surface area is 116 Å². The van der Waals surface area contributed by atoms with Crippen LogP contribution in [0, 0.1) is 6.92 Å². The quantitative estimate of drug-likeness (QED) is 0.667. The van der Waals surface area contributed by atoms with Crippen LogP contribution in [0.2, 0.25) is 0 Å². The Morgan fingerprint density at radius 2 is 2.10 bits per heavy atom. The minimum atomic E-state index is -0.379. The first-order valence-corrected chi connectivity index (χ1v) is 6.19. The van der Waals surface area contributed by atoms with Gasteiger partial charge in [0.2, 0.25) is 6.41 Å². The molecular weight excluding hydrogens is 258 g/mol. The van der Waals surface area contributed by atoms with Crippen molar-refractivity contribution in [3.05, 3.63) is 41.7 Å². The van der Waals surface area contributed by atoms with Gasteiger partial charge in [0, 0.05) is 5.69 Å². The van der Waals surface area contributed by atoms with Gasteiger partial charge in [-0.05, 0) is 38.1 Å². The molecule has 1 amide bonds. The second-order valence-corrected chi connectivity index (χ2v) is 4.08. The Hall–Kier alpha value is -2.63. The third kappa shape index (κ3) is 2.69. The molecule has 1 aromatic heterocycles. The van der Waals surface area contributed by atoms with Gasteiger partial charge < -0.3 is 10.1 Å². The van der Waals surface area contributed by atoms with Gasteiger partial charge in [-0.25, -0.2) is 9.48 Å². The van der Waals surface area contributed by atoms with Crippen LogP contribution in [0.1, 0.15) is 23.0 Å². The highest BCUT2D eigenvalue weighted by molar-refractivity contribution is 5.90. The van der Waals surface area contributed by atoms with Crippen LogP contribution in [0.15, 0.2) is 30.5 Å². The third-order valence-corrected chi connectivity index (χ3v) is 2.84. The molecule has 2 aromatic rings. The van der Waals surface area contributed by atoms with E-state index in [0.29, 0.717) is 30.0 Å². The highest BCUT2D eigenvalue weighted by Crippen LogP contribution is 2.17. The molecule has 0 unspecified atom stereocenters. The molecule has 0 aliphatic rings. The number of rotatable bonds is 5. The molecule has 0 aliphatic carbocycles. The fraction of sp³-hybridized carbons (Fsp3) is 0.214. The number of anilines is 1. The number of hydrogen-bond acceptors (Lipinski definition) is 4. The Balaban J connectivity index is 2.29. The summed E-state index contributed by atoms with van der Waals surface area (Å²) in [5.74, 6) is -0.379. The molecule has 20 heavy (non-hydrogen) atoms. The zero-order valence-electron chi connectivity index (χ0n) is 11.3. The second kappa shape index (κ2) is 6.01. The van der Waals surface area contributed by atoms with E-state index in [-0.39, 0.29) is 5.97 Å². The van der Waals surface area contributed by atoms with Gasteiger partial charge in [0.15, 0.2) is 0 Å². The summed E-state index contributed by atoms with van der Waals surface area (Å²) in [5, 5.41) is 6.75. The van der Waals surface area contributed by atoms with Crippen molar-refractivity contribution in [2.75, 3.05) is 11.9 Å². The molecule has 0 atom stereocenters. The van der Waals surface area contributed by atoms with E-state index in [1.807, 2.05) is 0 Å². The minimum Gasteiger partial charge on any atom is -0.462 e. The highest BCUT2D eigenvalue weighted by atomic mass is 16.5. The number of carbonyl (C=O) groups is 2. The lowest BCUT2D eigenvalue weighted by molar-refractivity contribution is -0.105. The van der Waals surface area contributed by atoms with E-state index in [1.165, 1.54) is 6.20 Å². The fourth-order valence-corrected chi connectivity index (χ4v) is 1.85. The predicted molar refractivity (Wildman–Crippen MR) is 73.9 cm³/mol. The van der Waals surface area contributed by atoms with Gasteiger partial charge >= 0.3 is 5.97 Å².